The Balaban J connectivity index is 1.80. The largest absolute Gasteiger partial charge is 0.497 e. The van der Waals surface area contributed by atoms with Gasteiger partial charge in [-0.05, 0) is 46.5 Å². The van der Waals surface area contributed by atoms with Crippen LogP contribution in [0.5, 0.6) is 5.75 Å². The maximum absolute atomic E-state index is 12.4. The molecule has 24 heavy (non-hydrogen) atoms. The van der Waals surface area contributed by atoms with E-state index < -0.39 is 5.60 Å². The second-order valence-corrected chi connectivity index (χ2v) is 6.99. The monoisotopic (exact) mass is 359 g/mol. The second-order valence-electron chi connectivity index (χ2n) is 5.26. The molecule has 1 atom stereocenters. The molecule has 0 aliphatic carbocycles. The molecule has 3 rings (SSSR count). The van der Waals surface area contributed by atoms with Crippen molar-refractivity contribution in [3.05, 3.63) is 74.6 Å². The number of carbonyl (C=O) groups excluding carboxylic acids is 1. The van der Waals surface area contributed by atoms with Crippen molar-refractivity contribution in [1.29, 1.82) is 0 Å². The van der Waals surface area contributed by atoms with Crippen LogP contribution < -0.4 is 10.1 Å². The predicted octanol–water partition coefficient (Wildman–Crippen LogP) is 3.48. The molecule has 2 heterocycles. The highest BCUT2D eigenvalue weighted by Gasteiger charge is 2.33. The molecule has 0 fully saturated rings. The number of thiophene rings is 2. The first kappa shape index (κ1) is 16.7. The fourth-order valence-electron chi connectivity index (χ4n) is 2.42. The standard InChI is InChI=1S/C18H17NO3S2/c1-22-15-5-2-4-13(10-15)17(20)19-12-18(21,14-7-9-23-11-14)16-6-3-8-24-16/h2-11,21H,12H2,1H3,(H,19,20). The van der Waals surface area contributed by atoms with Gasteiger partial charge in [0.1, 0.15) is 11.4 Å². The number of amides is 1. The van der Waals surface area contributed by atoms with Gasteiger partial charge in [-0.25, -0.2) is 0 Å². The minimum absolute atomic E-state index is 0.0975. The molecule has 124 valence electrons. The highest BCUT2D eigenvalue weighted by Crippen LogP contribution is 2.33. The van der Waals surface area contributed by atoms with E-state index in [1.54, 1.807) is 31.4 Å². The Kier molecular flexibility index (Phi) is 4.99. The summed E-state index contributed by atoms with van der Waals surface area (Å²) in [5.74, 6) is 0.369. The number of nitrogens with one attached hydrogen (secondary N) is 1. The normalized spacial score (nSPS) is 13.2. The summed E-state index contributed by atoms with van der Waals surface area (Å²) in [5, 5.41) is 19.8. The maximum Gasteiger partial charge on any atom is 0.251 e. The first-order valence-electron chi connectivity index (χ1n) is 7.35. The molecule has 2 aromatic heterocycles. The lowest BCUT2D eigenvalue weighted by Gasteiger charge is -2.27. The van der Waals surface area contributed by atoms with Crippen LogP contribution in [-0.4, -0.2) is 24.7 Å². The van der Waals surface area contributed by atoms with Gasteiger partial charge in [-0.3, -0.25) is 4.79 Å². The fraction of sp³-hybridized carbons (Fsp3) is 0.167. The molecule has 0 aliphatic rings. The SMILES string of the molecule is COc1cccc(C(=O)NCC(O)(c2ccsc2)c2cccs2)c1. The Hall–Kier alpha value is -2.15. The van der Waals surface area contributed by atoms with Gasteiger partial charge in [-0.1, -0.05) is 12.1 Å². The van der Waals surface area contributed by atoms with Crippen LogP contribution in [-0.2, 0) is 5.60 Å². The Morgan fingerprint density at radius 1 is 1.25 bits per heavy atom. The van der Waals surface area contributed by atoms with Gasteiger partial charge in [-0.2, -0.15) is 11.3 Å². The first-order chi connectivity index (χ1) is 11.6. The van der Waals surface area contributed by atoms with Gasteiger partial charge in [0.2, 0.25) is 0 Å². The maximum atomic E-state index is 12.4. The zero-order valence-corrected chi connectivity index (χ0v) is 14.7. The van der Waals surface area contributed by atoms with Crippen LogP contribution >= 0.6 is 22.7 Å². The van der Waals surface area contributed by atoms with E-state index in [0.717, 1.165) is 10.4 Å². The van der Waals surface area contributed by atoms with Gasteiger partial charge < -0.3 is 15.2 Å². The highest BCUT2D eigenvalue weighted by molar-refractivity contribution is 7.10. The Bertz CT molecular complexity index is 763. The smallest absolute Gasteiger partial charge is 0.251 e. The summed E-state index contributed by atoms with van der Waals surface area (Å²) < 4.78 is 5.14. The van der Waals surface area contributed by atoms with Crippen molar-refractivity contribution in [2.75, 3.05) is 13.7 Å². The number of ether oxygens (including phenoxy) is 1. The van der Waals surface area contributed by atoms with Crippen molar-refractivity contribution in [3.63, 3.8) is 0 Å². The van der Waals surface area contributed by atoms with Crippen LogP contribution in [0.15, 0.2) is 58.6 Å². The van der Waals surface area contributed by atoms with E-state index in [9.17, 15) is 9.90 Å². The zero-order valence-electron chi connectivity index (χ0n) is 13.1. The van der Waals surface area contributed by atoms with Crippen LogP contribution in [0.25, 0.3) is 0 Å². The predicted molar refractivity (Wildman–Crippen MR) is 97.0 cm³/mol. The third-order valence-electron chi connectivity index (χ3n) is 3.76. The van der Waals surface area contributed by atoms with E-state index in [-0.39, 0.29) is 12.5 Å². The molecule has 0 aliphatic heterocycles. The van der Waals surface area contributed by atoms with Crippen molar-refractivity contribution in [2.24, 2.45) is 0 Å². The molecule has 3 aromatic rings. The number of hydrogen-bond donors (Lipinski definition) is 2. The summed E-state index contributed by atoms with van der Waals surface area (Å²) in [7, 11) is 1.56. The minimum Gasteiger partial charge on any atom is -0.497 e. The Labute approximate surface area is 148 Å². The van der Waals surface area contributed by atoms with E-state index in [0.29, 0.717) is 11.3 Å². The molecular weight excluding hydrogens is 342 g/mol. The summed E-state index contributed by atoms with van der Waals surface area (Å²) in [6, 6.07) is 12.6. The quantitative estimate of drug-likeness (QED) is 0.708. The van der Waals surface area contributed by atoms with Crippen molar-refractivity contribution in [1.82, 2.24) is 5.32 Å². The Morgan fingerprint density at radius 2 is 2.12 bits per heavy atom. The number of rotatable bonds is 6. The summed E-state index contributed by atoms with van der Waals surface area (Å²) in [6.45, 7) is 0.0975. The first-order valence-corrected chi connectivity index (χ1v) is 9.17. The molecule has 6 heteroatoms. The summed E-state index contributed by atoms with van der Waals surface area (Å²) >= 11 is 2.98. The lowest BCUT2D eigenvalue weighted by atomic mass is 9.94. The van der Waals surface area contributed by atoms with E-state index >= 15 is 0 Å². The topological polar surface area (TPSA) is 58.6 Å². The molecule has 0 saturated carbocycles. The number of carbonyl (C=O) groups is 1. The third kappa shape index (κ3) is 3.36. The van der Waals surface area contributed by atoms with Crippen LogP contribution in [0.2, 0.25) is 0 Å². The molecule has 0 saturated heterocycles. The van der Waals surface area contributed by atoms with E-state index in [1.807, 2.05) is 34.3 Å². The van der Waals surface area contributed by atoms with E-state index in [1.165, 1.54) is 22.7 Å². The van der Waals surface area contributed by atoms with Crippen molar-refractivity contribution in [3.8, 4) is 5.75 Å². The number of hydrogen-bond acceptors (Lipinski definition) is 5. The zero-order chi connectivity index (χ0) is 17.0. The van der Waals surface area contributed by atoms with E-state index in [2.05, 4.69) is 5.32 Å². The van der Waals surface area contributed by atoms with Crippen molar-refractivity contribution < 1.29 is 14.6 Å². The third-order valence-corrected chi connectivity index (χ3v) is 5.47. The van der Waals surface area contributed by atoms with Crippen LogP contribution in [0.4, 0.5) is 0 Å². The van der Waals surface area contributed by atoms with Crippen LogP contribution in [0, 0.1) is 0 Å². The number of benzene rings is 1. The molecule has 2 N–H and O–H groups in total. The molecule has 0 spiro atoms. The highest BCUT2D eigenvalue weighted by atomic mass is 32.1. The molecule has 1 aromatic carbocycles. The van der Waals surface area contributed by atoms with Gasteiger partial charge in [-0.15, -0.1) is 11.3 Å². The molecular formula is C18H17NO3S2. The molecule has 0 bridgehead atoms. The van der Waals surface area contributed by atoms with Crippen LogP contribution in [0.3, 0.4) is 0 Å². The summed E-state index contributed by atoms with van der Waals surface area (Å²) in [5.41, 5.74) is 0.0389. The average Bonchev–Trinajstić information content (AvgIpc) is 3.33. The van der Waals surface area contributed by atoms with Gasteiger partial charge in [0.05, 0.1) is 13.7 Å². The van der Waals surface area contributed by atoms with Crippen molar-refractivity contribution >= 4 is 28.6 Å². The molecule has 4 nitrogen and oxygen atoms in total. The van der Waals surface area contributed by atoms with Gasteiger partial charge in [0.25, 0.3) is 5.91 Å². The second kappa shape index (κ2) is 7.17. The fourth-order valence-corrected chi connectivity index (χ4v) is 3.99. The number of methoxy groups -OCH3 is 1. The Morgan fingerprint density at radius 3 is 2.79 bits per heavy atom. The number of aliphatic hydroxyl groups is 1. The average molecular weight is 359 g/mol. The van der Waals surface area contributed by atoms with Gasteiger partial charge in [0, 0.05) is 16.0 Å². The molecule has 1 amide bonds. The summed E-state index contributed by atoms with van der Waals surface area (Å²) in [6.07, 6.45) is 0. The lowest BCUT2D eigenvalue weighted by molar-refractivity contribution is 0.0721. The van der Waals surface area contributed by atoms with E-state index in [4.69, 9.17) is 4.74 Å². The van der Waals surface area contributed by atoms with Crippen molar-refractivity contribution in [2.45, 2.75) is 5.60 Å². The lowest BCUT2D eigenvalue weighted by Crippen LogP contribution is -2.41. The molecule has 1 unspecified atom stereocenters. The van der Waals surface area contributed by atoms with Crippen LogP contribution in [0.1, 0.15) is 20.8 Å². The van der Waals surface area contributed by atoms with Gasteiger partial charge in [0.15, 0.2) is 0 Å². The minimum atomic E-state index is -1.23. The summed E-state index contributed by atoms with van der Waals surface area (Å²) in [4.78, 5) is 13.2. The molecule has 0 radical (unpaired) electrons. The van der Waals surface area contributed by atoms with Gasteiger partial charge >= 0.3 is 0 Å².